The number of hydrogen-bond donors (Lipinski definition) is 1. The summed E-state index contributed by atoms with van der Waals surface area (Å²) in [6, 6.07) is 6.86. The van der Waals surface area contributed by atoms with Crippen molar-refractivity contribution in [3.63, 3.8) is 0 Å². The molecular weight excluding hydrogens is 274 g/mol. The van der Waals surface area contributed by atoms with Crippen LogP contribution in [0.3, 0.4) is 0 Å². The molecule has 1 aliphatic carbocycles. The maximum atomic E-state index is 9.88. The predicted molar refractivity (Wildman–Crippen MR) is 86.2 cm³/mol. The highest BCUT2D eigenvalue weighted by molar-refractivity contribution is 5.84. The lowest BCUT2D eigenvalue weighted by molar-refractivity contribution is -0.00184. The van der Waals surface area contributed by atoms with E-state index in [9.17, 15) is 5.11 Å². The summed E-state index contributed by atoms with van der Waals surface area (Å²) in [5.74, 6) is 2.99. The molecule has 2 unspecified atom stereocenters. The van der Waals surface area contributed by atoms with Gasteiger partial charge in [0, 0.05) is 35.5 Å². The van der Waals surface area contributed by atoms with Gasteiger partial charge in [0.2, 0.25) is 0 Å². The monoisotopic (exact) mass is 297 g/mol. The molecule has 22 heavy (non-hydrogen) atoms. The molecule has 0 amide bonds. The predicted octanol–water partition coefficient (Wildman–Crippen LogP) is 4.04. The minimum Gasteiger partial charge on any atom is -0.508 e. The zero-order valence-corrected chi connectivity index (χ0v) is 13.1. The van der Waals surface area contributed by atoms with E-state index in [0.717, 1.165) is 23.3 Å². The molecule has 1 aromatic heterocycles. The number of rotatable bonds is 1. The Hall–Kier alpha value is -1.48. The fourth-order valence-corrected chi connectivity index (χ4v) is 5.34. The lowest BCUT2D eigenvalue weighted by atomic mass is 9.71. The third-order valence-electron chi connectivity index (χ3n) is 6.34. The van der Waals surface area contributed by atoms with Gasteiger partial charge in [0.05, 0.1) is 0 Å². The molecule has 4 aliphatic rings. The van der Waals surface area contributed by atoms with E-state index in [4.69, 9.17) is 4.42 Å². The van der Waals surface area contributed by atoms with Crippen LogP contribution < -0.4 is 0 Å². The van der Waals surface area contributed by atoms with Crippen LogP contribution in [0.15, 0.2) is 22.6 Å². The highest BCUT2D eigenvalue weighted by atomic mass is 16.3. The molecule has 4 heterocycles. The van der Waals surface area contributed by atoms with Crippen LogP contribution in [0.2, 0.25) is 0 Å². The molecule has 116 valence electrons. The van der Waals surface area contributed by atoms with Gasteiger partial charge in [-0.15, -0.1) is 0 Å². The van der Waals surface area contributed by atoms with Crippen LogP contribution in [-0.2, 0) is 6.42 Å². The van der Waals surface area contributed by atoms with Gasteiger partial charge in [-0.1, -0.05) is 6.92 Å². The summed E-state index contributed by atoms with van der Waals surface area (Å²) in [4.78, 5) is 2.78. The normalized spacial score (nSPS) is 36.3. The van der Waals surface area contributed by atoms with Crippen LogP contribution in [-0.4, -0.2) is 28.6 Å². The van der Waals surface area contributed by atoms with Crippen molar-refractivity contribution in [1.82, 2.24) is 4.90 Å². The number of nitrogens with zero attached hydrogens (tertiary/aromatic N) is 1. The van der Waals surface area contributed by atoms with E-state index in [1.165, 1.54) is 43.6 Å². The quantitative estimate of drug-likeness (QED) is 0.863. The summed E-state index contributed by atoms with van der Waals surface area (Å²) in [7, 11) is 0. The maximum Gasteiger partial charge on any atom is 0.134 e. The fraction of sp³-hybridized carbons (Fsp3) is 0.579. The Bertz CT molecular complexity index is 734. The molecule has 0 spiro atoms. The van der Waals surface area contributed by atoms with Gasteiger partial charge in [0.1, 0.15) is 17.1 Å². The first-order valence-electron chi connectivity index (χ1n) is 8.74. The van der Waals surface area contributed by atoms with Crippen molar-refractivity contribution in [2.45, 2.75) is 57.0 Å². The summed E-state index contributed by atoms with van der Waals surface area (Å²) in [5.41, 5.74) is 2.32. The number of phenols is 1. The molecule has 5 atom stereocenters. The molecule has 2 saturated heterocycles. The number of aromatic hydroxyl groups is 1. The number of furan rings is 1. The van der Waals surface area contributed by atoms with E-state index in [2.05, 4.69) is 11.8 Å². The van der Waals surface area contributed by atoms with Crippen molar-refractivity contribution in [2.75, 3.05) is 6.54 Å². The summed E-state index contributed by atoms with van der Waals surface area (Å²) in [5, 5.41) is 11.0. The molecule has 0 radical (unpaired) electrons. The second kappa shape index (κ2) is 4.51. The molecular formula is C19H23NO2. The topological polar surface area (TPSA) is 36.6 Å². The average Bonchev–Trinajstić information content (AvgIpc) is 2.86. The summed E-state index contributed by atoms with van der Waals surface area (Å²) in [6.07, 6.45) is 6.28. The molecule has 3 heteroatoms. The van der Waals surface area contributed by atoms with Crippen LogP contribution in [0.25, 0.3) is 11.0 Å². The van der Waals surface area contributed by atoms with E-state index >= 15 is 0 Å². The molecule has 1 N–H and O–H groups in total. The molecule has 4 bridgehead atoms. The third-order valence-corrected chi connectivity index (χ3v) is 6.34. The molecule has 2 aromatic rings. The number of phenolic OH excluding ortho intramolecular Hbond substituents is 1. The van der Waals surface area contributed by atoms with E-state index in [1.807, 2.05) is 12.1 Å². The largest absolute Gasteiger partial charge is 0.508 e. The van der Waals surface area contributed by atoms with Crippen molar-refractivity contribution in [1.29, 1.82) is 0 Å². The second-order valence-corrected chi connectivity index (χ2v) is 7.44. The molecule has 6 rings (SSSR count). The lowest BCUT2D eigenvalue weighted by Crippen LogP contribution is -2.55. The van der Waals surface area contributed by atoms with E-state index in [1.54, 1.807) is 6.07 Å². The van der Waals surface area contributed by atoms with Gasteiger partial charge in [0.25, 0.3) is 0 Å². The second-order valence-electron chi connectivity index (χ2n) is 7.44. The molecule has 3 fully saturated rings. The van der Waals surface area contributed by atoms with Gasteiger partial charge >= 0.3 is 0 Å². The number of piperidine rings is 2. The number of benzene rings is 1. The van der Waals surface area contributed by atoms with Crippen LogP contribution in [0.4, 0.5) is 0 Å². The average molecular weight is 297 g/mol. The zero-order valence-electron chi connectivity index (χ0n) is 13.1. The Balaban J connectivity index is 1.73. The maximum absolute atomic E-state index is 9.88. The van der Waals surface area contributed by atoms with Crippen LogP contribution in [0, 0.1) is 5.92 Å². The Kier molecular flexibility index (Phi) is 2.67. The van der Waals surface area contributed by atoms with Crippen LogP contribution in [0.5, 0.6) is 5.75 Å². The first kappa shape index (κ1) is 13.0. The van der Waals surface area contributed by atoms with E-state index in [-0.39, 0.29) is 0 Å². The Morgan fingerprint density at radius 1 is 1.32 bits per heavy atom. The van der Waals surface area contributed by atoms with Gasteiger partial charge in [0.15, 0.2) is 0 Å². The molecule has 1 saturated carbocycles. The van der Waals surface area contributed by atoms with Gasteiger partial charge in [-0.25, -0.2) is 0 Å². The lowest BCUT2D eigenvalue weighted by Gasteiger charge is -2.51. The molecule has 3 nitrogen and oxygen atoms in total. The van der Waals surface area contributed by atoms with Crippen LogP contribution in [0.1, 0.15) is 49.8 Å². The zero-order chi connectivity index (χ0) is 14.8. The Labute approximate surface area is 130 Å². The minimum absolute atomic E-state index is 0.346. The van der Waals surface area contributed by atoms with Gasteiger partial charge in [-0.3, -0.25) is 4.90 Å². The summed E-state index contributed by atoms with van der Waals surface area (Å²) in [6.45, 7) is 3.60. The molecule has 3 aliphatic heterocycles. The van der Waals surface area contributed by atoms with Gasteiger partial charge in [-0.05, 0) is 56.2 Å². The summed E-state index contributed by atoms with van der Waals surface area (Å²) < 4.78 is 6.32. The SMILES string of the molecule is CC[C@H]1Cc2c(oc3ccc(O)cc23)[C@@H]2C[C@@H]3CCC2N1C3. The highest BCUT2D eigenvalue weighted by Gasteiger charge is 2.47. The summed E-state index contributed by atoms with van der Waals surface area (Å²) >= 11 is 0. The van der Waals surface area contributed by atoms with E-state index < -0.39 is 0 Å². The number of hydrogen-bond acceptors (Lipinski definition) is 3. The fourth-order valence-electron chi connectivity index (χ4n) is 5.34. The van der Waals surface area contributed by atoms with Crippen LogP contribution >= 0.6 is 0 Å². The smallest absolute Gasteiger partial charge is 0.134 e. The first-order valence-corrected chi connectivity index (χ1v) is 8.74. The third kappa shape index (κ3) is 1.66. The Morgan fingerprint density at radius 2 is 2.23 bits per heavy atom. The van der Waals surface area contributed by atoms with E-state index in [0.29, 0.717) is 23.8 Å². The van der Waals surface area contributed by atoms with Crippen molar-refractivity contribution in [3.8, 4) is 5.75 Å². The van der Waals surface area contributed by atoms with Crippen molar-refractivity contribution < 1.29 is 9.52 Å². The van der Waals surface area contributed by atoms with Crippen molar-refractivity contribution in [2.24, 2.45) is 5.92 Å². The van der Waals surface area contributed by atoms with Crippen molar-refractivity contribution >= 4 is 11.0 Å². The first-order chi connectivity index (χ1) is 10.7. The minimum atomic E-state index is 0.346. The Morgan fingerprint density at radius 3 is 3.05 bits per heavy atom. The van der Waals surface area contributed by atoms with Crippen molar-refractivity contribution in [3.05, 3.63) is 29.5 Å². The number of fused-ring (bicyclic) bond motifs is 4. The molecule has 1 aromatic carbocycles. The van der Waals surface area contributed by atoms with Gasteiger partial charge in [-0.2, -0.15) is 0 Å². The standard InChI is InChI=1S/C19H23NO2/c1-2-12-8-15-14-9-13(21)4-6-18(14)22-19(15)16-7-11-3-5-17(16)20(12)10-11/h4,6,9,11-12,16-17,21H,2-3,5,7-8,10H2,1H3/t11-,12-,16+,17?/m0/s1. The highest BCUT2D eigenvalue weighted by Crippen LogP contribution is 2.50. The van der Waals surface area contributed by atoms with Gasteiger partial charge < -0.3 is 9.52 Å².